The van der Waals surface area contributed by atoms with E-state index in [1.54, 1.807) is 0 Å². The Bertz CT molecular complexity index is 817. The number of benzene rings is 2. The summed E-state index contributed by atoms with van der Waals surface area (Å²) in [5, 5.41) is 0. The van der Waals surface area contributed by atoms with Crippen molar-refractivity contribution in [2.75, 3.05) is 11.9 Å². The molecule has 0 N–H and O–H groups in total. The van der Waals surface area contributed by atoms with Gasteiger partial charge in [-0.3, -0.25) is 0 Å². The van der Waals surface area contributed by atoms with Crippen LogP contribution in [0.4, 0.5) is 5.69 Å². The van der Waals surface area contributed by atoms with Gasteiger partial charge in [0, 0.05) is 30.5 Å². The minimum absolute atomic E-state index is 0.0625. The SMILES string of the molecule is Cc1cc2c(cc1N1C=CN(C)[C@@H]1C)C(C)(C)c1ccccc1-2. The van der Waals surface area contributed by atoms with Gasteiger partial charge in [0.25, 0.3) is 0 Å². The van der Waals surface area contributed by atoms with Gasteiger partial charge in [0.1, 0.15) is 6.17 Å². The molecule has 4 rings (SSSR count). The molecule has 1 heterocycles. The molecule has 0 fully saturated rings. The van der Waals surface area contributed by atoms with E-state index in [2.05, 4.69) is 93.3 Å². The van der Waals surface area contributed by atoms with Gasteiger partial charge >= 0.3 is 0 Å². The lowest BCUT2D eigenvalue weighted by atomic mass is 9.82. The lowest BCUT2D eigenvalue weighted by Gasteiger charge is -2.30. The third-order valence-corrected chi connectivity index (χ3v) is 5.63. The zero-order valence-electron chi connectivity index (χ0n) is 14.6. The summed E-state index contributed by atoms with van der Waals surface area (Å²) in [7, 11) is 2.13. The van der Waals surface area contributed by atoms with Crippen LogP contribution in [0.2, 0.25) is 0 Å². The first-order valence-corrected chi connectivity index (χ1v) is 8.35. The van der Waals surface area contributed by atoms with Gasteiger partial charge in [-0.25, -0.2) is 0 Å². The summed E-state index contributed by atoms with van der Waals surface area (Å²) >= 11 is 0. The highest BCUT2D eigenvalue weighted by Crippen LogP contribution is 2.50. The number of anilines is 1. The number of nitrogens with zero attached hydrogens (tertiary/aromatic N) is 2. The summed E-state index contributed by atoms with van der Waals surface area (Å²) < 4.78 is 0. The van der Waals surface area contributed by atoms with E-state index < -0.39 is 0 Å². The highest BCUT2D eigenvalue weighted by Gasteiger charge is 2.36. The predicted molar refractivity (Wildman–Crippen MR) is 97.6 cm³/mol. The summed E-state index contributed by atoms with van der Waals surface area (Å²) in [6.45, 7) is 9.15. The monoisotopic (exact) mass is 304 g/mol. The van der Waals surface area contributed by atoms with Crippen LogP contribution in [0, 0.1) is 6.92 Å². The first kappa shape index (κ1) is 14.4. The zero-order valence-corrected chi connectivity index (χ0v) is 14.6. The van der Waals surface area contributed by atoms with E-state index in [-0.39, 0.29) is 5.41 Å². The molecule has 1 aliphatic carbocycles. The molecule has 0 bridgehead atoms. The average molecular weight is 304 g/mol. The normalized spacial score (nSPS) is 20.8. The summed E-state index contributed by atoms with van der Waals surface area (Å²) in [6, 6.07) is 13.6. The quantitative estimate of drug-likeness (QED) is 0.741. The first-order valence-electron chi connectivity index (χ1n) is 8.35. The maximum Gasteiger partial charge on any atom is 0.102 e. The summed E-state index contributed by atoms with van der Waals surface area (Å²) in [5.41, 5.74) is 8.39. The van der Waals surface area contributed by atoms with Gasteiger partial charge in [-0.2, -0.15) is 0 Å². The number of aryl methyl sites for hydroxylation is 1. The van der Waals surface area contributed by atoms with Crippen molar-refractivity contribution in [3.63, 3.8) is 0 Å². The third-order valence-electron chi connectivity index (χ3n) is 5.63. The molecule has 0 aromatic heterocycles. The van der Waals surface area contributed by atoms with Crippen LogP contribution >= 0.6 is 0 Å². The molecule has 0 saturated carbocycles. The van der Waals surface area contributed by atoms with Crippen LogP contribution in [-0.2, 0) is 5.41 Å². The van der Waals surface area contributed by atoms with E-state index in [1.807, 2.05) is 0 Å². The van der Waals surface area contributed by atoms with Gasteiger partial charge in [0.2, 0.25) is 0 Å². The first-order chi connectivity index (χ1) is 10.9. The Morgan fingerprint density at radius 3 is 2.39 bits per heavy atom. The van der Waals surface area contributed by atoms with Crippen LogP contribution in [0.3, 0.4) is 0 Å². The van der Waals surface area contributed by atoms with E-state index >= 15 is 0 Å². The largest absolute Gasteiger partial charge is 0.359 e. The van der Waals surface area contributed by atoms with Crippen molar-refractivity contribution in [3.05, 3.63) is 65.5 Å². The molecule has 2 nitrogen and oxygen atoms in total. The molecule has 2 heteroatoms. The molecule has 1 aliphatic heterocycles. The Hall–Kier alpha value is -2.22. The molecular weight excluding hydrogens is 280 g/mol. The van der Waals surface area contributed by atoms with Crippen LogP contribution < -0.4 is 4.90 Å². The molecule has 2 aromatic carbocycles. The molecule has 2 aromatic rings. The highest BCUT2D eigenvalue weighted by molar-refractivity contribution is 5.83. The lowest BCUT2D eigenvalue weighted by Crippen LogP contribution is -2.34. The van der Waals surface area contributed by atoms with Crippen molar-refractivity contribution in [1.82, 2.24) is 4.90 Å². The van der Waals surface area contributed by atoms with Crippen molar-refractivity contribution < 1.29 is 0 Å². The Labute approximate surface area is 139 Å². The van der Waals surface area contributed by atoms with Crippen LogP contribution in [0.1, 0.15) is 37.5 Å². The minimum atomic E-state index is 0.0625. The van der Waals surface area contributed by atoms with Crippen LogP contribution in [0.25, 0.3) is 11.1 Å². The molecule has 118 valence electrons. The van der Waals surface area contributed by atoms with Crippen LogP contribution in [0.5, 0.6) is 0 Å². The fourth-order valence-electron chi connectivity index (χ4n) is 4.03. The molecule has 0 spiro atoms. The van der Waals surface area contributed by atoms with E-state index in [9.17, 15) is 0 Å². The average Bonchev–Trinajstić information content (AvgIpc) is 2.96. The second-order valence-electron chi connectivity index (χ2n) is 7.36. The zero-order chi connectivity index (χ0) is 16.4. The maximum absolute atomic E-state index is 2.41. The van der Waals surface area contributed by atoms with Gasteiger partial charge in [0.05, 0.1) is 0 Å². The molecular formula is C21H24N2. The van der Waals surface area contributed by atoms with E-state index in [4.69, 9.17) is 0 Å². The summed E-state index contributed by atoms with van der Waals surface area (Å²) in [4.78, 5) is 4.61. The van der Waals surface area contributed by atoms with Crippen molar-refractivity contribution >= 4 is 5.69 Å². The van der Waals surface area contributed by atoms with Gasteiger partial charge in [-0.15, -0.1) is 0 Å². The summed E-state index contributed by atoms with van der Waals surface area (Å²) in [6.07, 6.45) is 4.70. The number of hydrogen-bond donors (Lipinski definition) is 0. The molecule has 2 aliphatic rings. The van der Waals surface area contributed by atoms with Gasteiger partial charge in [-0.05, 0) is 53.8 Å². The molecule has 0 saturated heterocycles. The summed E-state index contributed by atoms with van der Waals surface area (Å²) in [5.74, 6) is 0. The molecule has 0 unspecified atom stereocenters. The van der Waals surface area contributed by atoms with Crippen molar-refractivity contribution in [3.8, 4) is 11.1 Å². The second kappa shape index (κ2) is 4.64. The maximum atomic E-state index is 2.41. The number of hydrogen-bond acceptors (Lipinski definition) is 2. The Morgan fingerprint density at radius 1 is 0.957 bits per heavy atom. The van der Waals surface area contributed by atoms with Gasteiger partial charge in [-0.1, -0.05) is 38.1 Å². The highest BCUT2D eigenvalue weighted by atomic mass is 15.4. The van der Waals surface area contributed by atoms with Crippen molar-refractivity contribution in [2.45, 2.75) is 39.3 Å². The second-order valence-corrected chi connectivity index (χ2v) is 7.36. The minimum Gasteiger partial charge on any atom is -0.359 e. The Kier molecular flexibility index (Phi) is 2.90. The molecule has 0 amide bonds. The Balaban J connectivity index is 1.90. The molecule has 1 atom stereocenters. The van der Waals surface area contributed by atoms with E-state index in [0.717, 1.165) is 0 Å². The van der Waals surface area contributed by atoms with Crippen LogP contribution in [-0.4, -0.2) is 18.1 Å². The lowest BCUT2D eigenvalue weighted by molar-refractivity contribution is 0.383. The van der Waals surface area contributed by atoms with Gasteiger partial charge < -0.3 is 9.80 Å². The standard InChI is InChI=1S/C21H24N2/c1-14-12-17-16-8-6-7-9-18(16)21(3,4)19(17)13-20(14)23-11-10-22(5)15(23)2/h6-13,15H,1-5H3/t15-/m0/s1. The smallest absolute Gasteiger partial charge is 0.102 e. The fraction of sp³-hybridized carbons (Fsp3) is 0.333. The van der Waals surface area contributed by atoms with Gasteiger partial charge in [0.15, 0.2) is 0 Å². The van der Waals surface area contributed by atoms with E-state index in [0.29, 0.717) is 6.17 Å². The van der Waals surface area contributed by atoms with Crippen molar-refractivity contribution in [1.29, 1.82) is 0 Å². The third kappa shape index (κ3) is 1.87. The van der Waals surface area contributed by atoms with Crippen molar-refractivity contribution in [2.24, 2.45) is 0 Å². The molecule has 0 radical (unpaired) electrons. The Morgan fingerprint density at radius 2 is 1.70 bits per heavy atom. The fourth-order valence-corrected chi connectivity index (χ4v) is 4.03. The molecule has 23 heavy (non-hydrogen) atoms. The van der Waals surface area contributed by atoms with E-state index in [1.165, 1.54) is 33.5 Å². The predicted octanol–water partition coefficient (Wildman–Crippen LogP) is 4.87. The number of fused-ring (bicyclic) bond motifs is 3. The topological polar surface area (TPSA) is 6.48 Å². The number of rotatable bonds is 1. The van der Waals surface area contributed by atoms with Crippen LogP contribution in [0.15, 0.2) is 48.8 Å².